The Labute approximate surface area is 210 Å². The van der Waals surface area contributed by atoms with Crippen LogP contribution in [0.3, 0.4) is 0 Å². The topological polar surface area (TPSA) is 87.0 Å². The Kier molecular flexibility index (Phi) is 6.43. The minimum absolute atomic E-state index is 0.0128. The van der Waals surface area contributed by atoms with E-state index >= 15 is 0 Å². The van der Waals surface area contributed by atoms with Crippen LogP contribution in [0.15, 0.2) is 35.5 Å². The Morgan fingerprint density at radius 3 is 2.71 bits per heavy atom. The molecule has 8 nitrogen and oxygen atoms in total. The second kappa shape index (κ2) is 9.22. The van der Waals surface area contributed by atoms with Gasteiger partial charge in [-0.05, 0) is 55.4 Å². The van der Waals surface area contributed by atoms with E-state index in [-0.39, 0.29) is 11.4 Å². The third kappa shape index (κ3) is 3.75. The third-order valence-corrected chi connectivity index (χ3v) is 12.2. The summed E-state index contributed by atoms with van der Waals surface area (Å²) < 4.78 is 17.1. The van der Waals surface area contributed by atoms with Crippen LogP contribution in [0, 0.1) is 5.92 Å². The SMILES string of the molecule is COc1cccc2c1-n1c(NSC(C)C(OC)c3ncc(Cl)cn3)nnc1C1C(C)CCS21C. The molecule has 1 fully saturated rings. The smallest absolute Gasteiger partial charge is 0.239 e. The first-order valence-corrected chi connectivity index (χ1v) is 14.7. The van der Waals surface area contributed by atoms with Crippen LogP contribution in [0.2, 0.25) is 5.02 Å². The Balaban J connectivity index is 1.49. The molecule has 3 aromatic rings. The first-order valence-electron chi connectivity index (χ1n) is 11.2. The fourth-order valence-corrected chi connectivity index (χ4v) is 10.5. The van der Waals surface area contributed by atoms with E-state index in [0.29, 0.717) is 28.0 Å². The summed E-state index contributed by atoms with van der Waals surface area (Å²) in [6.45, 7) is 4.40. The van der Waals surface area contributed by atoms with Gasteiger partial charge in [0, 0.05) is 24.4 Å². The molecule has 5 rings (SSSR count). The number of ether oxygens (including phenoxy) is 2. The predicted molar refractivity (Wildman–Crippen MR) is 139 cm³/mol. The number of nitrogens with zero attached hydrogens (tertiary/aromatic N) is 5. The molecule has 1 aromatic carbocycles. The zero-order chi connectivity index (χ0) is 24.0. The van der Waals surface area contributed by atoms with Gasteiger partial charge in [-0.25, -0.2) is 20.0 Å². The molecule has 0 saturated carbocycles. The average Bonchev–Trinajstić information content (AvgIpc) is 3.39. The molecule has 0 bridgehead atoms. The minimum atomic E-state index is -1.06. The van der Waals surface area contributed by atoms with Crippen molar-refractivity contribution < 1.29 is 9.47 Å². The molecule has 0 aliphatic carbocycles. The van der Waals surface area contributed by atoms with Crippen LogP contribution in [0.5, 0.6) is 5.75 Å². The van der Waals surface area contributed by atoms with Crippen LogP contribution < -0.4 is 9.46 Å². The van der Waals surface area contributed by atoms with Gasteiger partial charge in [-0.1, -0.05) is 24.6 Å². The molecule has 2 aliphatic heterocycles. The zero-order valence-electron chi connectivity index (χ0n) is 19.9. The van der Waals surface area contributed by atoms with Crippen LogP contribution in [-0.4, -0.2) is 56.2 Å². The number of aromatic nitrogens is 5. The van der Waals surface area contributed by atoms with Gasteiger partial charge in [0.1, 0.15) is 17.5 Å². The van der Waals surface area contributed by atoms with Gasteiger partial charge >= 0.3 is 0 Å². The molecule has 34 heavy (non-hydrogen) atoms. The van der Waals surface area contributed by atoms with Crippen molar-refractivity contribution in [1.82, 2.24) is 24.7 Å². The van der Waals surface area contributed by atoms with Gasteiger partial charge in [-0.3, -0.25) is 9.29 Å². The lowest BCUT2D eigenvalue weighted by Gasteiger charge is -2.44. The molecule has 11 heteroatoms. The van der Waals surface area contributed by atoms with E-state index in [0.717, 1.165) is 17.3 Å². The molecule has 5 atom stereocenters. The van der Waals surface area contributed by atoms with E-state index in [1.54, 1.807) is 26.6 Å². The van der Waals surface area contributed by atoms with E-state index in [2.05, 4.69) is 56.6 Å². The summed E-state index contributed by atoms with van der Waals surface area (Å²) in [7, 11) is 2.32. The van der Waals surface area contributed by atoms with Crippen molar-refractivity contribution >= 4 is 39.5 Å². The quantitative estimate of drug-likeness (QED) is 0.412. The van der Waals surface area contributed by atoms with Gasteiger partial charge in [0.2, 0.25) is 5.95 Å². The number of hydrogen-bond acceptors (Lipinski definition) is 8. The van der Waals surface area contributed by atoms with Gasteiger partial charge in [0.15, 0.2) is 11.6 Å². The molecule has 0 spiro atoms. The highest BCUT2D eigenvalue weighted by atomic mass is 35.5. The lowest BCUT2D eigenvalue weighted by molar-refractivity contribution is 0.0972. The predicted octanol–water partition coefficient (Wildman–Crippen LogP) is 5.44. The van der Waals surface area contributed by atoms with Crippen LogP contribution in [0.4, 0.5) is 5.95 Å². The second-order valence-electron chi connectivity index (χ2n) is 8.91. The van der Waals surface area contributed by atoms with E-state index in [1.165, 1.54) is 29.0 Å². The molecular formula is C23H29ClN6O2S2. The normalized spacial score (nSPS) is 26.5. The number of halogens is 1. The van der Waals surface area contributed by atoms with Crippen molar-refractivity contribution in [2.45, 2.75) is 41.8 Å². The van der Waals surface area contributed by atoms with Gasteiger partial charge < -0.3 is 9.47 Å². The summed E-state index contributed by atoms with van der Waals surface area (Å²) in [6.07, 6.45) is 6.49. The number of nitrogens with one attached hydrogen (secondary N) is 1. The molecule has 0 amide bonds. The van der Waals surface area contributed by atoms with Crippen LogP contribution >= 0.6 is 33.6 Å². The number of benzene rings is 1. The highest BCUT2D eigenvalue weighted by Gasteiger charge is 2.49. The highest BCUT2D eigenvalue weighted by Crippen LogP contribution is 2.74. The maximum Gasteiger partial charge on any atom is 0.239 e. The average molecular weight is 521 g/mol. The van der Waals surface area contributed by atoms with E-state index < -0.39 is 10.0 Å². The second-order valence-corrected chi connectivity index (χ2v) is 14.2. The molecule has 182 valence electrons. The van der Waals surface area contributed by atoms with Crippen molar-refractivity contribution in [3.63, 3.8) is 0 Å². The van der Waals surface area contributed by atoms with E-state index in [4.69, 9.17) is 26.2 Å². The highest BCUT2D eigenvalue weighted by molar-refractivity contribution is 8.33. The molecule has 0 radical (unpaired) electrons. The number of methoxy groups -OCH3 is 2. The van der Waals surface area contributed by atoms with E-state index in [1.807, 2.05) is 6.07 Å². The van der Waals surface area contributed by atoms with Crippen molar-refractivity contribution in [1.29, 1.82) is 0 Å². The monoisotopic (exact) mass is 520 g/mol. The maximum atomic E-state index is 5.95. The summed E-state index contributed by atoms with van der Waals surface area (Å²) >= 11 is 7.46. The van der Waals surface area contributed by atoms with Gasteiger partial charge in [-0.2, -0.15) is 0 Å². The number of fused-ring (bicyclic) bond motifs is 6. The summed E-state index contributed by atoms with van der Waals surface area (Å²) in [5.41, 5.74) is 1.06. The van der Waals surface area contributed by atoms with E-state index in [9.17, 15) is 0 Å². The van der Waals surface area contributed by atoms with Crippen molar-refractivity contribution in [2.24, 2.45) is 5.92 Å². The zero-order valence-corrected chi connectivity index (χ0v) is 22.2. The Morgan fingerprint density at radius 2 is 2.00 bits per heavy atom. The summed E-state index contributed by atoms with van der Waals surface area (Å²) in [6, 6.07) is 6.38. The van der Waals surface area contributed by atoms with Crippen molar-refractivity contribution in [2.75, 3.05) is 31.0 Å². The van der Waals surface area contributed by atoms with Crippen molar-refractivity contribution in [3.05, 3.63) is 47.3 Å². The fraction of sp³-hybridized carbons (Fsp3) is 0.478. The fourth-order valence-electron chi connectivity index (χ4n) is 5.17. The number of rotatable bonds is 7. The summed E-state index contributed by atoms with van der Waals surface area (Å²) in [5, 5.41) is 10.2. The van der Waals surface area contributed by atoms with Crippen LogP contribution in [-0.2, 0) is 4.74 Å². The molecule has 2 aromatic heterocycles. The maximum absolute atomic E-state index is 5.95. The molecule has 4 heterocycles. The first kappa shape index (κ1) is 23.7. The van der Waals surface area contributed by atoms with Gasteiger partial charge in [0.05, 0.1) is 22.6 Å². The van der Waals surface area contributed by atoms with Gasteiger partial charge in [0.25, 0.3) is 0 Å². The first-order chi connectivity index (χ1) is 16.4. The molecule has 2 aliphatic rings. The molecule has 1 saturated heterocycles. The lowest BCUT2D eigenvalue weighted by atomic mass is 10.0. The molecular weight excluding hydrogens is 492 g/mol. The summed E-state index contributed by atoms with van der Waals surface area (Å²) in [5.74, 6) is 4.90. The molecule has 1 N–H and O–H groups in total. The van der Waals surface area contributed by atoms with Gasteiger partial charge in [-0.15, -0.1) is 10.2 Å². The standard InChI is InChI=1S/C23H29ClN6O2S2/c1-13-9-10-34(5)17-8-6-7-16(31-3)18(17)30-22(20(13)34)27-28-23(30)29-33-14(2)19(32-4)21-25-11-15(24)12-26-21/h6-8,11-14,19-20H,9-10H2,1-5H3,(H,28,29). The number of anilines is 1. The van der Waals surface area contributed by atoms with Crippen LogP contribution in [0.25, 0.3) is 5.69 Å². The largest absolute Gasteiger partial charge is 0.495 e. The number of hydrogen-bond donors (Lipinski definition) is 1. The molecule has 5 unspecified atom stereocenters. The third-order valence-electron chi connectivity index (χ3n) is 6.84. The minimum Gasteiger partial charge on any atom is -0.495 e. The Hall–Kier alpha value is -2.01. The number of para-hydroxylation sites is 1. The Morgan fingerprint density at radius 1 is 1.24 bits per heavy atom. The van der Waals surface area contributed by atoms with Crippen molar-refractivity contribution in [3.8, 4) is 11.4 Å². The Bertz CT molecular complexity index is 1190. The summed E-state index contributed by atoms with van der Waals surface area (Å²) in [4.78, 5) is 10.0. The van der Waals surface area contributed by atoms with Crippen LogP contribution in [0.1, 0.15) is 43.3 Å². The lowest BCUT2D eigenvalue weighted by Crippen LogP contribution is -2.23.